The van der Waals surface area contributed by atoms with Crippen LogP contribution in [0.3, 0.4) is 0 Å². The second-order valence-electron chi connectivity index (χ2n) is 4.53. The Morgan fingerprint density at radius 1 is 1.05 bits per heavy atom. The van der Waals surface area contributed by atoms with Crippen molar-refractivity contribution >= 4 is 34.1 Å². The van der Waals surface area contributed by atoms with E-state index in [9.17, 15) is 4.39 Å². The first-order valence-corrected chi connectivity index (χ1v) is 7.06. The van der Waals surface area contributed by atoms with Gasteiger partial charge in [0.25, 0.3) is 0 Å². The number of rotatable bonds is 3. The minimum atomic E-state index is -0.503. The molecule has 0 unspecified atom stereocenters. The molecule has 0 amide bonds. The van der Waals surface area contributed by atoms with E-state index in [4.69, 9.17) is 32.7 Å². The first-order valence-electron chi connectivity index (χ1n) is 6.31. The SMILES string of the molecule is COc1ccc(-n2nc3c(Cl)cc(OC)cc3c2Cl)c(F)c1. The highest BCUT2D eigenvalue weighted by Crippen LogP contribution is 2.35. The van der Waals surface area contributed by atoms with Crippen molar-refractivity contribution in [3.63, 3.8) is 0 Å². The average Bonchev–Trinajstić information content (AvgIpc) is 2.85. The molecule has 0 aliphatic rings. The van der Waals surface area contributed by atoms with Crippen molar-refractivity contribution in [2.75, 3.05) is 14.2 Å². The topological polar surface area (TPSA) is 36.3 Å². The van der Waals surface area contributed by atoms with Gasteiger partial charge in [0.2, 0.25) is 0 Å². The Balaban J connectivity index is 2.24. The van der Waals surface area contributed by atoms with Crippen LogP contribution in [0.15, 0.2) is 30.3 Å². The zero-order chi connectivity index (χ0) is 15.9. The largest absolute Gasteiger partial charge is 0.497 e. The summed E-state index contributed by atoms with van der Waals surface area (Å²) in [6.07, 6.45) is 0. The molecule has 4 nitrogen and oxygen atoms in total. The predicted molar refractivity (Wildman–Crippen MR) is 84.2 cm³/mol. The minimum Gasteiger partial charge on any atom is -0.497 e. The predicted octanol–water partition coefficient (Wildman–Crippen LogP) is 4.49. The molecule has 3 aromatic rings. The molecule has 0 spiro atoms. The van der Waals surface area contributed by atoms with E-state index in [-0.39, 0.29) is 10.8 Å². The molecule has 0 atom stereocenters. The molecular formula is C15H11Cl2FN2O2. The Bertz CT molecular complexity index is 864. The Labute approximate surface area is 136 Å². The number of methoxy groups -OCH3 is 2. The fourth-order valence-corrected chi connectivity index (χ4v) is 2.67. The molecule has 114 valence electrons. The monoisotopic (exact) mass is 340 g/mol. The van der Waals surface area contributed by atoms with Crippen LogP contribution in [0.1, 0.15) is 0 Å². The first kappa shape index (κ1) is 14.9. The summed E-state index contributed by atoms with van der Waals surface area (Å²) in [5.74, 6) is 0.458. The molecule has 0 N–H and O–H groups in total. The van der Waals surface area contributed by atoms with Crippen molar-refractivity contribution in [2.24, 2.45) is 0 Å². The van der Waals surface area contributed by atoms with E-state index >= 15 is 0 Å². The van der Waals surface area contributed by atoms with Crippen LogP contribution in [0.25, 0.3) is 16.6 Å². The van der Waals surface area contributed by atoms with Crippen LogP contribution in [0.5, 0.6) is 11.5 Å². The van der Waals surface area contributed by atoms with Crippen molar-refractivity contribution in [1.29, 1.82) is 0 Å². The van der Waals surface area contributed by atoms with E-state index in [0.717, 1.165) is 0 Å². The fourth-order valence-electron chi connectivity index (χ4n) is 2.15. The van der Waals surface area contributed by atoms with E-state index in [1.165, 1.54) is 31.0 Å². The van der Waals surface area contributed by atoms with E-state index in [2.05, 4.69) is 5.10 Å². The molecule has 2 aromatic carbocycles. The first-order chi connectivity index (χ1) is 10.5. The van der Waals surface area contributed by atoms with Crippen LogP contribution in [-0.4, -0.2) is 24.0 Å². The lowest BCUT2D eigenvalue weighted by Crippen LogP contribution is -2.00. The van der Waals surface area contributed by atoms with Crippen LogP contribution in [0, 0.1) is 5.82 Å². The summed E-state index contributed by atoms with van der Waals surface area (Å²) in [6, 6.07) is 7.76. The lowest BCUT2D eigenvalue weighted by Gasteiger charge is -2.06. The standard InChI is InChI=1S/C15H11Cl2FN2O2/c1-21-8-3-4-13(12(18)7-8)20-15(17)10-5-9(22-2)6-11(16)14(10)19-20/h3-7H,1-2H3. The number of fused-ring (bicyclic) bond motifs is 1. The summed E-state index contributed by atoms with van der Waals surface area (Å²) >= 11 is 12.5. The molecule has 3 rings (SSSR count). The molecule has 1 heterocycles. The summed E-state index contributed by atoms with van der Waals surface area (Å²) in [5.41, 5.74) is 0.680. The molecule has 0 aliphatic carbocycles. The third kappa shape index (κ3) is 2.36. The van der Waals surface area contributed by atoms with Gasteiger partial charge in [-0.3, -0.25) is 0 Å². The van der Waals surface area contributed by atoms with E-state index in [0.29, 0.717) is 27.4 Å². The second kappa shape index (κ2) is 5.66. The van der Waals surface area contributed by atoms with Crippen LogP contribution < -0.4 is 9.47 Å². The smallest absolute Gasteiger partial charge is 0.152 e. The van der Waals surface area contributed by atoms with Gasteiger partial charge in [-0.1, -0.05) is 23.2 Å². The maximum Gasteiger partial charge on any atom is 0.152 e. The zero-order valence-corrected chi connectivity index (χ0v) is 13.2. The molecular weight excluding hydrogens is 330 g/mol. The minimum absolute atomic E-state index is 0.206. The number of aromatic nitrogens is 2. The van der Waals surface area contributed by atoms with Gasteiger partial charge < -0.3 is 9.47 Å². The third-order valence-corrected chi connectivity index (χ3v) is 3.92. The third-order valence-electron chi connectivity index (χ3n) is 3.26. The Morgan fingerprint density at radius 3 is 2.41 bits per heavy atom. The Kier molecular flexibility index (Phi) is 3.85. The molecule has 7 heteroatoms. The van der Waals surface area contributed by atoms with Crippen molar-refractivity contribution in [1.82, 2.24) is 9.78 Å². The van der Waals surface area contributed by atoms with Crippen molar-refractivity contribution < 1.29 is 13.9 Å². The van der Waals surface area contributed by atoms with Crippen LogP contribution in [0.4, 0.5) is 4.39 Å². The van der Waals surface area contributed by atoms with Crippen LogP contribution in [-0.2, 0) is 0 Å². The normalized spacial score (nSPS) is 11.0. The quantitative estimate of drug-likeness (QED) is 0.704. The number of nitrogens with zero attached hydrogens (tertiary/aromatic N) is 2. The number of hydrogen-bond donors (Lipinski definition) is 0. The Morgan fingerprint density at radius 2 is 1.77 bits per heavy atom. The molecule has 0 bridgehead atoms. The molecule has 0 radical (unpaired) electrons. The fraction of sp³-hybridized carbons (Fsp3) is 0.133. The number of hydrogen-bond acceptors (Lipinski definition) is 3. The Hall–Kier alpha value is -1.98. The van der Waals surface area contributed by atoms with Gasteiger partial charge in [0.05, 0.1) is 19.2 Å². The van der Waals surface area contributed by atoms with Gasteiger partial charge in [0.15, 0.2) is 5.82 Å². The summed E-state index contributed by atoms with van der Waals surface area (Å²) < 4.78 is 25.7. The molecule has 0 saturated carbocycles. The zero-order valence-electron chi connectivity index (χ0n) is 11.7. The van der Waals surface area contributed by atoms with Gasteiger partial charge in [-0.05, 0) is 18.2 Å². The molecule has 22 heavy (non-hydrogen) atoms. The van der Waals surface area contributed by atoms with Gasteiger partial charge in [-0.15, -0.1) is 0 Å². The van der Waals surface area contributed by atoms with E-state index < -0.39 is 5.82 Å². The van der Waals surface area contributed by atoms with Gasteiger partial charge in [-0.2, -0.15) is 5.10 Å². The summed E-state index contributed by atoms with van der Waals surface area (Å²) in [5, 5.41) is 5.50. The maximum atomic E-state index is 14.2. The average molecular weight is 341 g/mol. The molecule has 0 saturated heterocycles. The van der Waals surface area contributed by atoms with Gasteiger partial charge >= 0.3 is 0 Å². The number of benzene rings is 2. The lowest BCUT2D eigenvalue weighted by atomic mass is 10.2. The molecule has 0 fully saturated rings. The second-order valence-corrected chi connectivity index (χ2v) is 5.29. The van der Waals surface area contributed by atoms with Crippen molar-refractivity contribution in [2.45, 2.75) is 0 Å². The summed E-state index contributed by atoms with van der Waals surface area (Å²) in [7, 11) is 2.99. The highest BCUT2D eigenvalue weighted by molar-refractivity contribution is 6.39. The van der Waals surface area contributed by atoms with E-state index in [1.807, 2.05) is 0 Å². The number of halogens is 3. The summed E-state index contributed by atoms with van der Waals surface area (Å²) in [6.45, 7) is 0. The van der Waals surface area contributed by atoms with E-state index in [1.54, 1.807) is 18.2 Å². The van der Waals surface area contributed by atoms with Crippen molar-refractivity contribution in [3.05, 3.63) is 46.3 Å². The molecule has 0 aliphatic heterocycles. The van der Waals surface area contributed by atoms with Gasteiger partial charge in [0.1, 0.15) is 27.9 Å². The lowest BCUT2D eigenvalue weighted by molar-refractivity contribution is 0.411. The highest BCUT2D eigenvalue weighted by Gasteiger charge is 2.17. The van der Waals surface area contributed by atoms with Gasteiger partial charge in [-0.25, -0.2) is 9.07 Å². The van der Waals surface area contributed by atoms with Crippen molar-refractivity contribution in [3.8, 4) is 17.2 Å². The van der Waals surface area contributed by atoms with Gasteiger partial charge in [0, 0.05) is 17.5 Å². The van der Waals surface area contributed by atoms with Crippen LogP contribution >= 0.6 is 23.2 Å². The maximum absolute atomic E-state index is 14.2. The summed E-state index contributed by atoms with van der Waals surface area (Å²) in [4.78, 5) is 0. The highest BCUT2D eigenvalue weighted by atomic mass is 35.5. The molecule has 1 aromatic heterocycles. The number of ether oxygens (including phenoxy) is 2. The van der Waals surface area contributed by atoms with Crippen LogP contribution in [0.2, 0.25) is 10.2 Å².